The number of aliphatic carboxylic acids is 1. The molecule has 0 saturated heterocycles. The van der Waals surface area contributed by atoms with Crippen LogP contribution >= 0.6 is 11.3 Å². The van der Waals surface area contributed by atoms with Crippen LogP contribution < -0.4 is 5.32 Å². The molecule has 0 amide bonds. The molecule has 13 heteroatoms. The summed E-state index contributed by atoms with van der Waals surface area (Å²) in [7, 11) is 0. The van der Waals surface area contributed by atoms with E-state index >= 15 is 0 Å². The highest BCUT2D eigenvalue weighted by Gasteiger charge is 2.40. The second-order valence-electron chi connectivity index (χ2n) is 9.31. The summed E-state index contributed by atoms with van der Waals surface area (Å²) < 4.78 is 39.2. The molecule has 4 N–H and O–H groups in total. The van der Waals surface area contributed by atoms with Gasteiger partial charge in [0.25, 0.3) is 0 Å². The van der Waals surface area contributed by atoms with E-state index < -0.39 is 23.4 Å². The van der Waals surface area contributed by atoms with Crippen molar-refractivity contribution in [2.24, 2.45) is 11.8 Å². The van der Waals surface area contributed by atoms with Gasteiger partial charge in [-0.05, 0) is 56.7 Å². The van der Waals surface area contributed by atoms with E-state index in [4.69, 9.17) is 0 Å². The lowest BCUT2D eigenvalue weighted by Crippen LogP contribution is -2.35. The second kappa shape index (κ2) is 9.38. The summed E-state index contributed by atoms with van der Waals surface area (Å²) in [6.45, 7) is 1.70. The number of carboxylic acid groups (broad SMARTS) is 1. The second-order valence-corrected chi connectivity index (χ2v) is 10.3. The maximum absolute atomic E-state index is 13.1. The number of carbonyl (C=O) groups is 1. The van der Waals surface area contributed by atoms with Crippen LogP contribution in [-0.2, 0) is 16.6 Å². The van der Waals surface area contributed by atoms with Crippen molar-refractivity contribution >= 4 is 39.8 Å². The fourth-order valence-corrected chi connectivity index (χ4v) is 5.80. The SMILES string of the molecule is C[C@](O)(c1ncc(-c2cc(Nc3nccc(C(F)(F)F)n3)cc3cn[nH]c23)s1)[C@H]1CC[C@@H](C(=O)O)CC1. The maximum atomic E-state index is 13.1. The first-order chi connectivity index (χ1) is 17.5. The Hall–Kier alpha value is -3.58. The monoisotopic (exact) mass is 532 g/mol. The third-order valence-corrected chi connectivity index (χ3v) is 8.08. The van der Waals surface area contributed by atoms with Crippen LogP contribution in [0.1, 0.15) is 43.3 Å². The first kappa shape index (κ1) is 25.1. The highest BCUT2D eigenvalue weighted by Crippen LogP contribution is 2.44. The molecule has 1 aromatic carbocycles. The lowest BCUT2D eigenvalue weighted by Gasteiger charge is -2.35. The Morgan fingerprint density at radius 1 is 1.16 bits per heavy atom. The van der Waals surface area contributed by atoms with E-state index in [1.807, 2.05) is 0 Å². The highest BCUT2D eigenvalue weighted by molar-refractivity contribution is 7.15. The molecule has 3 heterocycles. The van der Waals surface area contributed by atoms with Crippen LogP contribution in [0, 0.1) is 11.8 Å². The number of nitrogens with zero attached hydrogens (tertiary/aromatic N) is 4. The number of thiazole rings is 1. The molecule has 9 nitrogen and oxygen atoms in total. The van der Waals surface area contributed by atoms with Gasteiger partial charge in [-0.15, -0.1) is 11.3 Å². The van der Waals surface area contributed by atoms with E-state index in [0.29, 0.717) is 52.8 Å². The van der Waals surface area contributed by atoms with Gasteiger partial charge in [-0.3, -0.25) is 9.89 Å². The standard InChI is InChI=1S/C24H23F3N6O3S/c1-23(36,14-4-2-12(3-5-14)20(34)35)21-29-11-17(37-21)16-9-15(8-13-10-30-33-19(13)16)31-22-28-7-6-18(32-22)24(25,26)27/h6-12,14,36H,2-5H2,1H3,(H,30,33)(H,34,35)(H,28,31,32)/t12-,14+,23-/m1/s1. The molecule has 0 radical (unpaired) electrons. The molecule has 5 rings (SSSR count). The molecule has 0 bridgehead atoms. The molecular formula is C24H23F3N6O3S. The zero-order valence-corrected chi connectivity index (χ0v) is 20.4. The molecule has 1 aliphatic rings. The van der Waals surface area contributed by atoms with Gasteiger partial charge in [0.2, 0.25) is 5.95 Å². The molecule has 1 fully saturated rings. The molecule has 3 aromatic heterocycles. The Kier molecular flexibility index (Phi) is 6.36. The van der Waals surface area contributed by atoms with Gasteiger partial charge in [0.1, 0.15) is 16.3 Å². The number of fused-ring (bicyclic) bond motifs is 1. The smallest absolute Gasteiger partial charge is 0.433 e. The zero-order chi connectivity index (χ0) is 26.4. The van der Waals surface area contributed by atoms with Gasteiger partial charge >= 0.3 is 12.1 Å². The van der Waals surface area contributed by atoms with E-state index in [-0.39, 0.29) is 17.8 Å². The number of benzene rings is 1. The van der Waals surface area contributed by atoms with Crippen molar-refractivity contribution in [3.05, 3.63) is 47.5 Å². The van der Waals surface area contributed by atoms with Gasteiger partial charge in [0.05, 0.1) is 22.5 Å². The minimum atomic E-state index is -4.60. The van der Waals surface area contributed by atoms with Crippen LogP contribution in [0.15, 0.2) is 36.8 Å². The van der Waals surface area contributed by atoms with Gasteiger partial charge in [0.15, 0.2) is 0 Å². The molecule has 1 saturated carbocycles. The van der Waals surface area contributed by atoms with Crippen molar-refractivity contribution in [2.75, 3.05) is 5.32 Å². The minimum absolute atomic E-state index is 0.125. The summed E-state index contributed by atoms with van der Waals surface area (Å²) in [5.41, 5.74) is -0.439. The van der Waals surface area contributed by atoms with Crippen LogP contribution in [0.2, 0.25) is 0 Å². The molecule has 194 valence electrons. The number of rotatable bonds is 6. The summed E-state index contributed by atoms with van der Waals surface area (Å²) in [6, 6.07) is 4.24. The normalized spacial score (nSPS) is 20.0. The predicted octanol–water partition coefficient (Wildman–Crippen LogP) is 5.34. The van der Waals surface area contributed by atoms with E-state index in [0.717, 1.165) is 17.1 Å². The largest absolute Gasteiger partial charge is 0.481 e. The van der Waals surface area contributed by atoms with Crippen molar-refractivity contribution in [1.29, 1.82) is 0 Å². The summed E-state index contributed by atoms with van der Waals surface area (Å²) in [5, 5.41) is 31.7. The molecular weight excluding hydrogens is 509 g/mol. The average molecular weight is 533 g/mol. The van der Waals surface area contributed by atoms with Crippen LogP contribution in [0.5, 0.6) is 0 Å². The molecule has 1 aliphatic carbocycles. The Bertz CT molecular complexity index is 1440. The third-order valence-electron chi connectivity index (χ3n) is 6.83. The molecule has 37 heavy (non-hydrogen) atoms. The highest BCUT2D eigenvalue weighted by atomic mass is 32.1. The Morgan fingerprint density at radius 2 is 1.92 bits per heavy atom. The fourth-order valence-electron chi connectivity index (χ4n) is 4.74. The number of aliphatic hydroxyl groups is 1. The summed E-state index contributed by atoms with van der Waals surface area (Å²) in [6.07, 6.45) is 1.86. The summed E-state index contributed by atoms with van der Waals surface area (Å²) >= 11 is 1.30. The first-order valence-electron chi connectivity index (χ1n) is 11.6. The molecule has 0 unspecified atom stereocenters. The molecule has 4 aromatic rings. The Morgan fingerprint density at radius 3 is 2.62 bits per heavy atom. The van der Waals surface area contributed by atoms with Crippen LogP contribution in [-0.4, -0.2) is 41.3 Å². The number of aromatic amines is 1. The van der Waals surface area contributed by atoms with Crippen molar-refractivity contribution < 1.29 is 28.2 Å². The van der Waals surface area contributed by atoms with Crippen molar-refractivity contribution in [3.8, 4) is 10.4 Å². The van der Waals surface area contributed by atoms with Gasteiger partial charge < -0.3 is 15.5 Å². The van der Waals surface area contributed by atoms with Crippen LogP contribution in [0.25, 0.3) is 21.3 Å². The van der Waals surface area contributed by atoms with Crippen molar-refractivity contribution in [3.63, 3.8) is 0 Å². The van der Waals surface area contributed by atoms with E-state index in [9.17, 15) is 28.2 Å². The zero-order valence-electron chi connectivity index (χ0n) is 19.6. The number of halogens is 3. The van der Waals surface area contributed by atoms with Gasteiger partial charge in [-0.2, -0.15) is 18.3 Å². The third kappa shape index (κ3) is 5.01. The van der Waals surface area contributed by atoms with E-state index in [2.05, 4.69) is 30.5 Å². The van der Waals surface area contributed by atoms with Crippen LogP contribution in [0.4, 0.5) is 24.8 Å². The number of alkyl halides is 3. The average Bonchev–Trinajstić information content (AvgIpc) is 3.54. The maximum Gasteiger partial charge on any atom is 0.433 e. The molecule has 0 spiro atoms. The van der Waals surface area contributed by atoms with Gasteiger partial charge in [-0.1, -0.05) is 0 Å². The quantitative estimate of drug-likeness (QED) is 0.261. The Balaban J connectivity index is 1.43. The van der Waals surface area contributed by atoms with E-state index in [1.165, 1.54) is 11.3 Å². The van der Waals surface area contributed by atoms with Crippen molar-refractivity contribution in [1.82, 2.24) is 25.1 Å². The summed E-state index contributed by atoms with van der Waals surface area (Å²) in [4.78, 5) is 24.0. The predicted molar refractivity (Wildman–Crippen MR) is 130 cm³/mol. The first-order valence-corrected chi connectivity index (χ1v) is 12.4. The van der Waals surface area contributed by atoms with Crippen molar-refractivity contribution in [2.45, 2.75) is 44.4 Å². The number of anilines is 2. The number of H-pyrrole nitrogens is 1. The molecule has 1 atom stereocenters. The van der Waals surface area contributed by atoms with E-state index in [1.54, 1.807) is 31.5 Å². The number of aromatic nitrogens is 5. The fraction of sp³-hybridized carbons (Fsp3) is 0.375. The van der Waals surface area contributed by atoms with Crippen LogP contribution in [0.3, 0.4) is 0 Å². The topological polar surface area (TPSA) is 137 Å². The van der Waals surface area contributed by atoms with Gasteiger partial charge in [-0.25, -0.2) is 15.0 Å². The number of hydrogen-bond acceptors (Lipinski definition) is 8. The lowest BCUT2D eigenvalue weighted by atomic mass is 9.74. The number of nitrogens with one attached hydrogen (secondary N) is 2. The number of carboxylic acids is 1. The molecule has 0 aliphatic heterocycles. The summed E-state index contributed by atoms with van der Waals surface area (Å²) in [5.74, 6) is -1.51. The minimum Gasteiger partial charge on any atom is -0.481 e. The lowest BCUT2D eigenvalue weighted by molar-refractivity contribution is -0.144. The number of hydrogen-bond donors (Lipinski definition) is 4. The Labute approximate surface area is 212 Å². The van der Waals surface area contributed by atoms with Gasteiger partial charge in [0, 0.05) is 29.0 Å².